The molecule has 0 unspecified atom stereocenters. The molecule has 0 bridgehead atoms. The zero-order chi connectivity index (χ0) is 17.9. The predicted molar refractivity (Wildman–Crippen MR) is 101 cm³/mol. The fourth-order valence-electron chi connectivity index (χ4n) is 3.57. The smallest absolute Gasteiger partial charge is 0.356 e. The highest BCUT2D eigenvalue weighted by Crippen LogP contribution is 2.22. The average Bonchev–Trinajstić information content (AvgIpc) is 3.02. The number of carboxylic acids is 1. The highest BCUT2D eigenvalue weighted by molar-refractivity contribution is 5.93. The van der Waals surface area contributed by atoms with E-state index in [0.717, 1.165) is 32.5 Å². The zero-order valence-corrected chi connectivity index (χ0v) is 14.5. The number of pyridine rings is 1. The molecular formula is C20H22N4O2. The summed E-state index contributed by atoms with van der Waals surface area (Å²) in [7, 11) is 0. The van der Waals surface area contributed by atoms with Gasteiger partial charge in [-0.25, -0.2) is 9.78 Å². The number of hydrogen-bond donors (Lipinski definition) is 2. The second-order valence-electron chi connectivity index (χ2n) is 6.72. The number of piperidine rings is 1. The van der Waals surface area contributed by atoms with Crippen molar-refractivity contribution in [1.82, 2.24) is 14.3 Å². The molecule has 0 spiro atoms. The molecule has 134 valence electrons. The molecule has 26 heavy (non-hydrogen) atoms. The van der Waals surface area contributed by atoms with Gasteiger partial charge in [0.05, 0.1) is 0 Å². The first kappa shape index (κ1) is 16.6. The Bertz CT molecular complexity index is 899. The van der Waals surface area contributed by atoms with E-state index in [-0.39, 0.29) is 11.7 Å². The number of carboxylic acid groups (broad SMARTS) is 1. The summed E-state index contributed by atoms with van der Waals surface area (Å²) in [6.45, 7) is 2.94. The number of carbonyl (C=O) groups is 1. The molecule has 3 aromatic rings. The van der Waals surface area contributed by atoms with E-state index >= 15 is 0 Å². The third kappa shape index (κ3) is 3.41. The van der Waals surface area contributed by atoms with Crippen LogP contribution < -0.4 is 5.32 Å². The van der Waals surface area contributed by atoms with Gasteiger partial charge in [0.25, 0.3) is 0 Å². The standard InChI is InChI=1S/C20H22N4O2/c25-20(26)18-19(22-17-8-4-5-11-24(17)18)21-16-9-12-23(13-10-16)14-15-6-2-1-3-7-15/h1-8,11,16,21H,9-10,12-14H2,(H,25,26). The highest BCUT2D eigenvalue weighted by atomic mass is 16.4. The molecular weight excluding hydrogens is 328 g/mol. The lowest BCUT2D eigenvalue weighted by Crippen LogP contribution is -2.39. The van der Waals surface area contributed by atoms with Crippen molar-refractivity contribution in [1.29, 1.82) is 0 Å². The van der Waals surface area contributed by atoms with Crippen molar-refractivity contribution in [3.63, 3.8) is 0 Å². The van der Waals surface area contributed by atoms with Crippen LogP contribution in [0.15, 0.2) is 54.7 Å². The highest BCUT2D eigenvalue weighted by Gasteiger charge is 2.24. The van der Waals surface area contributed by atoms with Gasteiger partial charge in [-0.2, -0.15) is 0 Å². The number of nitrogens with zero attached hydrogens (tertiary/aromatic N) is 3. The molecule has 0 saturated carbocycles. The number of rotatable bonds is 5. The van der Waals surface area contributed by atoms with E-state index < -0.39 is 5.97 Å². The minimum absolute atomic E-state index is 0.201. The van der Waals surface area contributed by atoms with Gasteiger partial charge < -0.3 is 10.4 Å². The van der Waals surface area contributed by atoms with Gasteiger partial charge in [-0.15, -0.1) is 0 Å². The molecule has 0 radical (unpaired) electrons. The third-order valence-corrected chi connectivity index (χ3v) is 4.91. The van der Waals surface area contributed by atoms with Crippen LogP contribution in [0.2, 0.25) is 0 Å². The molecule has 1 aliphatic rings. The number of benzene rings is 1. The summed E-state index contributed by atoms with van der Waals surface area (Å²) in [5.41, 5.74) is 2.17. The van der Waals surface area contributed by atoms with Gasteiger partial charge in [0.2, 0.25) is 0 Å². The first-order chi connectivity index (χ1) is 12.7. The van der Waals surface area contributed by atoms with Crippen LogP contribution in [0.5, 0.6) is 0 Å². The molecule has 4 rings (SSSR count). The van der Waals surface area contributed by atoms with E-state index in [2.05, 4.69) is 39.5 Å². The monoisotopic (exact) mass is 350 g/mol. The van der Waals surface area contributed by atoms with Crippen molar-refractivity contribution >= 4 is 17.4 Å². The minimum atomic E-state index is -0.965. The van der Waals surface area contributed by atoms with Gasteiger partial charge in [0.1, 0.15) is 5.65 Å². The van der Waals surface area contributed by atoms with Gasteiger partial charge in [0, 0.05) is 31.9 Å². The van der Waals surface area contributed by atoms with Crippen molar-refractivity contribution in [2.45, 2.75) is 25.4 Å². The molecule has 1 saturated heterocycles. The van der Waals surface area contributed by atoms with Crippen LogP contribution in [0.1, 0.15) is 28.9 Å². The Balaban J connectivity index is 1.42. The van der Waals surface area contributed by atoms with E-state index in [1.54, 1.807) is 10.6 Å². The summed E-state index contributed by atoms with van der Waals surface area (Å²) in [5.74, 6) is -0.502. The van der Waals surface area contributed by atoms with Gasteiger partial charge >= 0.3 is 5.97 Å². The summed E-state index contributed by atoms with van der Waals surface area (Å²) in [5, 5.41) is 12.9. The summed E-state index contributed by atoms with van der Waals surface area (Å²) < 4.78 is 1.62. The molecule has 3 heterocycles. The number of nitrogens with one attached hydrogen (secondary N) is 1. The topological polar surface area (TPSA) is 69.9 Å². The SMILES string of the molecule is O=C(O)c1c(NC2CCN(Cc3ccccc3)CC2)nc2ccccn12. The minimum Gasteiger partial charge on any atom is -0.476 e. The molecule has 1 aliphatic heterocycles. The number of aromatic nitrogens is 2. The summed E-state index contributed by atoms with van der Waals surface area (Å²) in [4.78, 5) is 18.6. The lowest BCUT2D eigenvalue weighted by molar-refractivity contribution is 0.0690. The number of hydrogen-bond acceptors (Lipinski definition) is 4. The number of likely N-dealkylation sites (tertiary alicyclic amines) is 1. The Labute approximate surface area is 152 Å². The second-order valence-corrected chi connectivity index (χ2v) is 6.72. The zero-order valence-electron chi connectivity index (χ0n) is 14.5. The van der Waals surface area contributed by atoms with Crippen molar-refractivity contribution in [2.75, 3.05) is 18.4 Å². The fourth-order valence-corrected chi connectivity index (χ4v) is 3.57. The number of fused-ring (bicyclic) bond motifs is 1. The van der Waals surface area contributed by atoms with Crippen molar-refractivity contribution in [3.8, 4) is 0 Å². The number of imidazole rings is 1. The van der Waals surface area contributed by atoms with Crippen LogP contribution in [0.25, 0.3) is 5.65 Å². The normalized spacial score (nSPS) is 16.0. The van der Waals surface area contributed by atoms with Gasteiger partial charge in [-0.1, -0.05) is 36.4 Å². The lowest BCUT2D eigenvalue weighted by atomic mass is 10.0. The Morgan fingerprint density at radius 3 is 2.58 bits per heavy atom. The molecule has 0 aliphatic carbocycles. The van der Waals surface area contributed by atoms with E-state index in [9.17, 15) is 9.90 Å². The van der Waals surface area contributed by atoms with E-state index in [4.69, 9.17) is 0 Å². The van der Waals surface area contributed by atoms with E-state index in [1.165, 1.54) is 5.56 Å². The van der Waals surface area contributed by atoms with E-state index in [1.807, 2.05) is 24.3 Å². The molecule has 1 aromatic carbocycles. The van der Waals surface area contributed by atoms with Crippen LogP contribution in [-0.2, 0) is 6.54 Å². The first-order valence-electron chi connectivity index (χ1n) is 8.94. The quantitative estimate of drug-likeness (QED) is 0.740. The summed E-state index contributed by atoms with van der Waals surface area (Å²) >= 11 is 0. The Hall–Kier alpha value is -2.86. The largest absolute Gasteiger partial charge is 0.476 e. The molecule has 2 N–H and O–H groups in total. The van der Waals surface area contributed by atoms with Crippen molar-refractivity contribution in [3.05, 3.63) is 66.0 Å². The lowest BCUT2D eigenvalue weighted by Gasteiger charge is -2.32. The maximum Gasteiger partial charge on any atom is 0.356 e. The molecule has 6 heteroatoms. The predicted octanol–water partition coefficient (Wildman–Crippen LogP) is 3.11. The molecule has 1 fully saturated rings. The van der Waals surface area contributed by atoms with Gasteiger partial charge in [-0.3, -0.25) is 9.30 Å². The maximum absolute atomic E-state index is 11.7. The average molecular weight is 350 g/mol. The Morgan fingerprint density at radius 1 is 1.12 bits per heavy atom. The Morgan fingerprint density at radius 2 is 1.85 bits per heavy atom. The summed E-state index contributed by atoms with van der Waals surface area (Å²) in [6, 6.07) is 16.2. The van der Waals surface area contributed by atoms with Crippen molar-refractivity contribution in [2.24, 2.45) is 0 Å². The first-order valence-corrected chi connectivity index (χ1v) is 8.94. The molecule has 6 nitrogen and oxygen atoms in total. The van der Waals surface area contributed by atoms with Crippen molar-refractivity contribution < 1.29 is 9.90 Å². The second kappa shape index (κ2) is 7.17. The van der Waals surface area contributed by atoms with Gasteiger partial charge in [-0.05, 0) is 30.5 Å². The van der Waals surface area contributed by atoms with Crippen LogP contribution in [-0.4, -0.2) is 44.5 Å². The van der Waals surface area contributed by atoms with Gasteiger partial charge in [0.15, 0.2) is 11.5 Å². The molecule has 0 atom stereocenters. The maximum atomic E-state index is 11.7. The van der Waals surface area contributed by atoms with Crippen LogP contribution >= 0.6 is 0 Å². The fraction of sp³-hybridized carbons (Fsp3) is 0.300. The van der Waals surface area contributed by atoms with Crippen LogP contribution in [0.3, 0.4) is 0 Å². The number of anilines is 1. The Kier molecular flexibility index (Phi) is 4.58. The van der Waals surface area contributed by atoms with E-state index in [0.29, 0.717) is 11.5 Å². The third-order valence-electron chi connectivity index (χ3n) is 4.91. The summed E-state index contributed by atoms with van der Waals surface area (Å²) in [6.07, 6.45) is 3.68. The van der Waals surface area contributed by atoms with Crippen LogP contribution in [0.4, 0.5) is 5.82 Å². The molecule has 2 aromatic heterocycles. The number of aromatic carboxylic acids is 1. The van der Waals surface area contributed by atoms with Crippen LogP contribution in [0, 0.1) is 0 Å². The molecule has 0 amide bonds.